The minimum atomic E-state index is 0. The van der Waals surface area contributed by atoms with Crippen LogP contribution in [-0.4, -0.2) is 62.3 Å². The normalized spacial score (nSPS) is 21.1. The van der Waals surface area contributed by atoms with Gasteiger partial charge in [-0.2, -0.15) is 0 Å². The largest absolute Gasteiger partial charge is 0.373 e. The number of nitrogens with zero attached hydrogens (tertiary/aromatic N) is 2. The van der Waals surface area contributed by atoms with Crippen LogP contribution >= 0.6 is 24.0 Å². The standard InChI is InChI=1S/C20H34N4O.HI/c1-4-21-20(23-13-11-19-9-6-5-7-10-19)22-12-8-14-24-15-17(2)25-18(3)16-24;/h5-7,9-10,17-18H,4,8,11-16H2,1-3H3,(H2,21,22,23);1H. The molecule has 1 aliphatic heterocycles. The molecule has 2 N–H and O–H groups in total. The van der Waals surface area contributed by atoms with E-state index in [1.807, 2.05) is 0 Å². The summed E-state index contributed by atoms with van der Waals surface area (Å²) in [6.07, 6.45) is 2.76. The highest BCUT2D eigenvalue weighted by atomic mass is 127. The van der Waals surface area contributed by atoms with Crippen molar-refractivity contribution in [2.24, 2.45) is 4.99 Å². The van der Waals surface area contributed by atoms with Gasteiger partial charge in [-0.15, -0.1) is 24.0 Å². The van der Waals surface area contributed by atoms with E-state index in [4.69, 9.17) is 9.73 Å². The molecule has 0 amide bonds. The maximum atomic E-state index is 5.78. The average molecular weight is 474 g/mol. The predicted octanol–water partition coefficient (Wildman–Crippen LogP) is 2.90. The van der Waals surface area contributed by atoms with E-state index in [0.717, 1.165) is 58.1 Å². The van der Waals surface area contributed by atoms with Crippen molar-refractivity contribution in [3.05, 3.63) is 35.9 Å². The third-order valence-corrected chi connectivity index (χ3v) is 4.29. The number of aliphatic imine (C=N–C) groups is 1. The Hall–Kier alpha value is -0.860. The molecule has 1 aromatic carbocycles. The average Bonchev–Trinajstić information content (AvgIpc) is 2.59. The highest BCUT2D eigenvalue weighted by Gasteiger charge is 2.21. The Morgan fingerprint density at radius 3 is 2.50 bits per heavy atom. The third-order valence-electron chi connectivity index (χ3n) is 4.29. The lowest BCUT2D eigenvalue weighted by Gasteiger charge is -2.35. The Bertz CT molecular complexity index is 502. The van der Waals surface area contributed by atoms with Gasteiger partial charge in [0.15, 0.2) is 5.96 Å². The van der Waals surface area contributed by atoms with Crippen molar-refractivity contribution in [3.8, 4) is 0 Å². The van der Waals surface area contributed by atoms with E-state index in [2.05, 4.69) is 66.6 Å². The van der Waals surface area contributed by atoms with Crippen LogP contribution in [0.5, 0.6) is 0 Å². The van der Waals surface area contributed by atoms with Gasteiger partial charge in [-0.1, -0.05) is 30.3 Å². The molecule has 2 atom stereocenters. The lowest BCUT2D eigenvalue weighted by atomic mass is 10.1. The molecule has 5 nitrogen and oxygen atoms in total. The molecule has 1 aromatic rings. The van der Waals surface area contributed by atoms with E-state index in [-0.39, 0.29) is 24.0 Å². The summed E-state index contributed by atoms with van der Waals surface area (Å²) >= 11 is 0. The quantitative estimate of drug-likeness (QED) is 0.263. The minimum Gasteiger partial charge on any atom is -0.373 e. The van der Waals surface area contributed by atoms with Crippen LogP contribution in [0.2, 0.25) is 0 Å². The van der Waals surface area contributed by atoms with E-state index >= 15 is 0 Å². The van der Waals surface area contributed by atoms with Gasteiger partial charge in [-0.3, -0.25) is 9.89 Å². The number of halogens is 1. The number of benzene rings is 1. The molecule has 0 saturated carbocycles. The fraction of sp³-hybridized carbons (Fsp3) is 0.650. The Kier molecular flexibility index (Phi) is 11.9. The summed E-state index contributed by atoms with van der Waals surface area (Å²) < 4.78 is 5.78. The van der Waals surface area contributed by atoms with Gasteiger partial charge in [0.1, 0.15) is 0 Å². The number of hydrogen-bond donors (Lipinski definition) is 2. The smallest absolute Gasteiger partial charge is 0.191 e. The van der Waals surface area contributed by atoms with Crippen LogP contribution in [0.1, 0.15) is 32.8 Å². The molecule has 1 saturated heterocycles. The fourth-order valence-electron chi connectivity index (χ4n) is 3.26. The van der Waals surface area contributed by atoms with Crippen LogP contribution < -0.4 is 10.6 Å². The molecule has 6 heteroatoms. The summed E-state index contributed by atoms with van der Waals surface area (Å²) in [7, 11) is 0. The van der Waals surface area contributed by atoms with Gasteiger partial charge >= 0.3 is 0 Å². The summed E-state index contributed by atoms with van der Waals surface area (Å²) in [5, 5.41) is 6.75. The number of guanidine groups is 1. The van der Waals surface area contributed by atoms with E-state index in [0.29, 0.717) is 12.2 Å². The van der Waals surface area contributed by atoms with Crippen molar-refractivity contribution in [2.75, 3.05) is 39.3 Å². The molecule has 0 radical (unpaired) electrons. The summed E-state index contributed by atoms with van der Waals surface area (Å²) in [6, 6.07) is 10.6. The van der Waals surface area contributed by atoms with E-state index < -0.39 is 0 Å². The number of ether oxygens (including phenoxy) is 1. The second-order valence-corrected chi connectivity index (χ2v) is 6.79. The first-order valence-corrected chi connectivity index (χ1v) is 9.61. The Balaban J connectivity index is 0.00000338. The number of nitrogens with one attached hydrogen (secondary N) is 2. The van der Waals surface area contributed by atoms with Gasteiger partial charge in [-0.05, 0) is 39.2 Å². The molecule has 1 fully saturated rings. The summed E-state index contributed by atoms with van der Waals surface area (Å²) in [5.74, 6) is 0.919. The van der Waals surface area contributed by atoms with Gasteiger partial charge in [0, 0.05) is 39.3 Å². The molecular formula is C20H35IN4O. The van der Waals surface area contributed by atoms with Crippen molar-refractivity contribution >= 4 is 29.9 Å². The lowest BCUT2D eigenvalue weighted by Crippen LogP contribution is -2.45. The molecule has 0 bridgehead atoms. The zero-order chi connectivity index (χ0) is 17.9. The fourth-order valence-corrected chi connectivity index (χ4v) is 3.26. The molecule has 2 unspecified atom stereocenters. The SMILES string of the molecule is CCNC(=NCCCN1CC(C)OC(C)C1)NCCc1ccccc1.I. The molecule has 0 aliphatic carbocycles. The van der Waals surface area contributed by atoms with Crippen molar-refractivity contribution in [1.82, 2.24) is 15.5 Å². The maximum Gasteiger partial charge on any atom is 0.191 e. The first kappa shape index (κ1) is 23.2. The lowest BCUT2D eigenvalue weighted by molar-refractivity contribution is -0.0679. The van der Waals surface area contributed by atoms with Crippen molar-refractivity contribution in [2.45, 2.75) is 45.8 Å². The first-order valence-electron chi connectivity index (χ1n) is 9.61. The second kappa shape index (κ2) is 13.3. The zero-order valence-corrected chi connectivity index (χ0v) is 18.7. The molecule has 0 spiro atoms. The van der Waals surface area contributed by atoms with Gasteiger partial charge < -0.3 is 15.4 Å². The summed E-state index contributed by atoms with van der Waals surface area (Å²) in [4.78, 5) is 7.19. The monoisotopic (exact) mass is 474 g/mol. The van der Waals surface area contributed by atoms with Gasteiger partial charge in [0.05, 0.1) is 12.2 Å². The van der Waals surface area contributed by atoms with Gasteiger partial charge in [-0.25, -0.2) is 0 Å². The number of hydrogen-bond acceptors (Lipinski definition) is 3. The van der Waals surface area contributed by atoms with Crippen molar-refractivity contribution < 1.29 is 4.74 Å². The van der Waals surface area contributed by atoms with Crippen LogP contribution in [0.15, 0.2) is 35.3 Å². The van der Waals surface area contributed by atoms with Crippen molar-refractivity contribution in [1.29, 1.82) is 0 Å². The highest BCUT2D eigenvalue weighted by Crippen LogP contribution is 2.10. The van der Waals surface area contributed by atoms with Crippen molar-refractivity contribution in [3.63, 3.8) is 0 Å². The van der Waals surface area contributed by atoms with Crippen LogP contribution in [0, 0.1) is 0 Å². The molecule has 148 valence electrons. The van der Waals surface area contributed by atoms with E-state index in [1.54, 1.807) is 0 Å². The summed E-state index contributed by atoms with van der Waals surface area (Å²) in [6.45, 7) is 12.2. The molecule has 1 aliphatic rings. The maximum absolute atomic E-state index is 5.78. The molecular weight excluding hydrogens is 439 g/mol. The Morgan fingerprint density at radius 2 is 1.85 bits per heavy atom. The highest BCUT2D eigenvalue weighted by molar-refractivity contribution is 14.0. The molecule has 1 heterocycles. The Labute approximate surface area is 176 Å². The zero-order valence-electron chi connectivity index (χ0n) is 16.4. The van der Waals surface area contributed by atoms with Crippen LogP contribution in [0.3, 0.4) is 0 Å². The predicted molar refractivity (Wildman–Crippen MR) is 121 cm³/mol. The molecule has 2 rings (SSSR count). The van der Waals surface area contributed by atoms with E-state index in [1.165, 1.54) is 5.56 Å². The van der Waals surface area contributed by atoms with Gasteiger partial charge in [0.2, 0.25) is 0 Å². The van der Waals surface area contributed by atoms with Gasteiger partial charge in [0.25, 0.3) is 0 Å². The minimum absolute atomic E-state index is 0. The number of morpholine rings is 1. The van der Waals surface area contributed by atoms with Crippen LogP contribution in [0.4, 0.5) is 0 Å². The van der Waals surface area contributed by atoms with Crippen LogP contribution in [0.25, 0.3) is 0 Å². The Morgan fingerprint density at radius 1 is 1.15 bits per heavy atom. The topological polar surface area (TPSA) is 48.9 Å². The summed E-state index contributed by atoms with van der Waals surface area (Å²) in [5.41, 5.74) is 1.35. The number of rotatable bonds is 8. The second-order valence-electron chi connectivity index (χ2n) is 6.79. The van der Waals surface area contributed by atoms with Crippen LogP contribution in [-0.2, 0) is 11.2 Å². The molecule has 26 heavy (non-hydrogen) atoms. The first-order chi connectivity index (χ1) is 12.2. The molecule has 0 aromatic heterocycles. The third kappa shape index (κ3) is 9.19. The van der Waals surface area contributed by atoms with E-state index in [9.17, 15) is 0 Å².